The maximum Gasteiger partial charge on any atom is 0.173 e. The number of halogens is 1. The summed E-state index contributed by atoms with van der Waals surface area (Å²) in [6.45, 7) is 0. The molecule has 0 atom stereocenters. The van der Waals surface area contributed by atoms with Gasteiger partial charge in [-0.15, -0.1) is 0 Å². The number of methoxy groups -OCH3 is 1. The van der Waals surface area contributed by atoms with E-state index in [-0.39, 0.29) is 39.1 Å². The number of ketones is 1. The predicted molar refractivity (Wildman–Crippen MR) is 112 cm³/mol. The van der Waals surface area contributed by atoms with E-state index in [1.54, 1.807) is 24.3 Å². The molecule has 0 aliphatic carbocycles. The number of rotatable bonds is 6. The van der Waals surface area contributed by atoms with Crippen LogP contribution < -0.4 is 10.5 Å². The van der Waals surface area contributed by atoms with Crippen LogP contribution >= 0.6 is 11.8 Å². The molecule has 0 fully saturated rings. The summed E-state index contributed by atoms with van der Waals surface area (Å²) in [5, 5.41) is 19.6. The maximum atomic E-state index is 13.4. The number of carbonyl (C=O) groups is 1. The number of hydrogen-bond donors (Lipinski definition) is 1. The van der Waals surface area contributed by atoms with Gasteiger partial charge in [0.1, 0.15) is 40.1 Å². The van der Waals surface area contributed by atoms with Gasteiger partial charge in [0.25, 0.3) is 0 Å². The van der Waals surface area contributed by atoms with Crippen LogP contribution in [0.5, 0.6) is 5.75 Å². The molecular formula is C22H15FN4O2S. The van der Waals surface area contributed by atoms with Crippen LogP contribution in [0, 0.1) is 28.5 Å². The highest BCUT2D eigenvalue weighted by atomic mass is 32.2. The quantitative estimate of drug-likeness (QED) is 0.471. The molecule has 0 bridgehead atoms. The molecule has 30 heavy (non-hydrogen) atoms. The lowest BCUT2D eigenvalue weighted by molar-refractivity contribution is 0.102. The molecule has 8 heteroatoms. The van der Waals surface area contributed by atoms with Gasteiger partial charge >= 0.3 is 0 Å². The number of hydrogen-bond acceptors (Lipinski definition) is 7. The van der Waals surface area contributed by atoms with Crippen LogP contribution in [0.25, 0.3) is 11.1 Å². The lowest BCUT2D eigenvalue weighted by Gasteiger charge is -2.13. The largest absolute Gasteiger partial charge is 0.497 e. The molecule has 0 radical (unpaired) electrons. The third-order valence-corrected chi connectivity index (χ3v) is 5.26. The van der Waals surface area contributed by atoms with Gasteiger partial charge in [-0.1, -0.05) is 36.0 Å². The van der Waals surface area contributed by atoms with Crippen molar-refractivity contribution in [1.29, 1.82) is 10.5 Å². The molecule has 1 heterocycles. The molecule has 148 valence electrons. The Hall–Kier alpha value is -3.88. The average Bonchev–Trinajstić information content (AvgIpc) is 2.77. The second kappa shape index (κ2) is 9.08. The van der Waals surface area contributed by atoms with E-state index in [0.29, 0.717) is 16.9 Å². The summed E-state index contributed by atoms with van der Waals surface area (Å²) in [6, 6.07) is 16.3. The maximum absolute atomic E-state index is 13.4. The van der Waals surface area contributed by atoms with E-state index < -0.39 is 5.82 Å². The Labute approximate surface area is 176 Å². The van der Waals surface area contributed by atoms with Gasteiger partial charge in [-0.05, 0) is 29.8 Å². The van der Waals surface area contributed by atoms with E-state index in [4.69, 9.17) is 10.5 Å². The van der Waals surface area contributed by atoms with Crippen molar-refractivity contribution < 1.29 is 13.9 Å². The molecule has 2 N–H and O–H groups in total. The predicted octanol–water partition coefficient (Wildman–Crippen LogP) is 4.20. The standard InChI is InChI=1S/C22H15FN4O2S/c1-29-16-7-5-13(6-8-16)20-17(10-24)21(26)27-22(18(20)11-25)30-12-19(28)14-3-2-4-15(23)9-14/h2-9H,12H2,1H3,(H2,26,27). The normalized spacial score (nSPS) is 10.1. The topological polar surface area (TPSA) is 113 Å². The highest BCUT2D eigenvalue weighted by molar-refractivity contribution is 8.00. The molecule has 6 nitrogen and oxygen atoms in total. The third kappa shape index (κ3) is 4.24. The fourth-order valence-electron chi connectivity index (χ4n) is 2.83. The fourth-order valence-corrected chi connectivity index (χ4v) is 3.72. The Morgan fingerprint density at radius 2 is 1.87 bits per heavy atom. The van der Waals surface area contributed by atoms with Gasteiger partial charge in [-0.25, -0.2) is 9.37 Å². The minimum absolute atomic E-state index is 0.0389. The molecule has 3 aromatic rings. The Kier molecular flexibility index (Phi) is 6.31. The number of anilines is 1. The first-order valence-corrected chi connectivity index (χ1v) is 9.66. The lowest BCUT2D eigenvalue weighted by Crippen LogP contribution is -2.06. The summed E-state index contributed by atoms with van der Waals surface area (Å²) < 4.78 is 18.5. The number of ether oxygens (including phenoxy) is 1. The zero-order chi connectivity index (χ0) is 21.7. The number of benzene rings is 2. The van der Waals surface area contributed by atoms with E-state index in [2.05, 4.69) is 11.1 Å². The van der Waals surface area contributed by atoms with Crippen molar-refractivity contribution in [2.45, 2.75) is 5.03 Å². The molecule has 3 rings (SSSR count). The van der Waals surface area contributed by atoms with Gasteiger partial charge in [0.15, 0.2) is 5.78 Å². The Balaban J connectivity index is 2.01. The van der Waals surface area contributed by atoms with Gasteiger partial charge in [-0.3, -0.25) is 4.79 Å². The molecule has 2 aromatic carbocycles. The van der Waals surface area contributed by atoms with E-state index >= 15 is 0 Å². The molecule has 0 saturated heterocycles. The highest BCUT2D eigenvalue weighted by Crippen LogP contribution is 2.36. The first-order valence-electron chi connectivity index (χ1n) is 8.68. The van der Waals surface area contributed by atoms with E-state index in [9.17, 15) is 19.7 Å². The van der Waals surface area contributed by atoms with Gasteiger partial charge < -0.3 is 10.5 Å². The first-order chi connectivity index (χ1) is 14.5. The van der Waals surface area contributed by atoms with Crippen molar-refractivity contribution in [3.63, 3.8) is 0 Å². The summed E-state index contributed by atoms with van der Waals surface area (Å²) >= 11 is 1.01. The second-order valence-corrected chi connectivity index (χ2v) is 7.07. The lowest BCUT2D eigenvalue weighted by atomic mass is 9.97. The van der Waals surface area contributed by atoms with Crippen LogP contribution in [0.1, 0.15) is 21.5 Å². The zero-order valence-corrected chi connectivity index (χ0v) is 16.7. The highest BCUT2D eigenvalue weighted by Gasteiger charge is 2.21. The minimum Gasteiger partial charge on any atom is -0.497 e. The number of aromatic nitrogens is 1. The summed E-state index contributed by atoms with van der Waals surface area (Å²) in [7, 11) is 1.53. The number of nitrogens with two attached hydrogens (primary N) is 1. The minimum atomic E-state index is -0.508. The van der Waals surface area contributed by atoms with Gasteiger partial charge in [-0.2, -0.15) is 10.5 Å². The van der Waals surface area contributed by atoms with Gasteiger partial charge in [0.05, 0.1) is 18.4 Å². The van der Waals surface area contributed by atoms with Crippen LogP contribution in [0.3, 0.4) is 0 Å². The smallest absolute Gasteiger partial charge is 0.173 e. The molecule has 0 saturated carbocycles. The molecule has 0 amide bonds. The number of nitriles is 2. The molecule has 0 unspecified atom stereocenters. The van der Waals surface area contributed by atoms with Crippen LogP contribution in [0.4, 0.5) is 10.2 Å². The van der Waals surface area contributed by atoms with Crippen LogP contribution in [0.2, 0.25) is 0 Å². The van der Waals surface area contributed by atoms with Crippen molar-refractivity contribution in [1.82, 2.24) is 4.98 Å². The average molecular weight is 418 g/mol. The van der Waals surface area contributed by atoms with E-state index in [1.165, 1.54) is 25.3 Å². The SMILES string of the molecule is COc1ccc(-c2c(C#N)c(N)nc(SCC(=O)c3cccc(F)c3)c2C#N)cc1. The van der Waals surface area contributed by atoms with Crippen molar-refractivity contribution in [3.05, 3.63) is 71.0 Å². The number of nitrogen functional groups attached to an aromatic ring is 1. The van der Waals surface area contributed by atoms with Crippen LogP contribution in [-0.4, -0.2) is 23.6 Å². The fraction of sp³-hybridized carbons (Fsp3) is 0.0909. The van der Waals surface area contributed by atoms with E-state index in [0.717, 1.165) is 17.8 Å². The number of thioether (sulfide) groups is 1. The third-order valence-electron chi connectivity index (χ3n) is 4.28. The molecule has 0 aliphatic heterocycles. The first kappa shape index (κ1) is 20.8. The van der Waals surface area contributed by atoms with Crippen LogP contribution in [0.15, 0.2) is 53.6 Å². The van der Waals surface area contributed by atoms with Gasteiger partial charge in [0.2, 0.25) is 0 Å². The molecular weight excluding hydrogens is 403 g/mol. The monoisotopic (exact) mass is 418 g/mol. The molecule has 0 aliphatic rings. The second-order valence-electron chi connectivity index (χ2n) is 6.10. The number of Topliss-reactive ketones (excluding diaryl/α,β-unsaturated/α-hetero) is 1. The summed E-state index contributed by atoms with van der Waals surface area (Å²) in [6.07, 6.45) is 0. The summed E-state index contributed by atoms with van der Waals surface area (Å²) in [4.78, 5) is 16.6. The van der Waals surface area contributed by atoms with Crippen molar-refractivity contribution in [2.75, 3.05) is 18.6 Å². The Morgan fingerprint density at radius 3 is 2.47 bits per heavy atom. The van der Waals surface area contributed by atoms with Crippen molar-refractivity contribution in [3.8, 4) is 29.0 Å². The van der Waals surface area contributed by atoms with Gasteiger partial charge in [0, 0.05) is 11.1 Å². The number of pyridine rings is 1. The summed E-state index contributed by atoms with van der Waals surface area (Å²) in [5.41, 5.74) is 7.35. The molecule has 1 aromatic heterocycles. The van der Waals surface area contributed by atoms with Crippen molar-refractivity contribution >= 4 is 23.4 Å². The zero-order valence-electron chi connectivity index (χ0n) is 15.8. The Morgan fingerprint density at radius 1 is 1.17 bits per heavy atom. The number of carbonyl (C=O) groups excluding carboxylic acids is 1. The van der Waals surface area contributed by atoms with Crippen molar-refractivity contribution in [2.24, 2.45) is 0 Å². The molecule has 0 spiro atoms. The summed E-state index contributed by atoms with van der Waals surface area (Å²) in [5.74, 6) is -0.320. The Bertz CT molecular complexity index is 1200. The number of nitrogens with zero attached hydrogens (tertiary/aromatic N) is 3. The van der Waals surface area contributed by atoms with Crippen LogP contribution in [-0.2, 0) is 0 Å². The van der Waals surface area contributed by atoms with E-state index in [1.807, 2.05) is 6.07 Å².